The van der Waals surface area contributed by atoms with Crippen LogP contribution < -0.4 is 16.8 Å². The third-order valence-electron chi connectivity index (χ3n) is 1.91. The molecule has 13 heavy (non-hydrogen) atoms. The Hall–Kier alpha value is -1.90. The molecule has 0 saturated heterocycles. The fourth-order valence-electron chi connectivity index (χ4n) is 1.28. The number of fused-ring (bicyclic) bond motifs is 1. The van der Waals surface area contributed by atoms with Crippen LogP contribution in [0.2, 0.25) is 0 Å². The molecular formula is C10H11N3. The summed E-state index contributed by atoms with van der Waals surface area (Å²) < 4.78 is 0. The number of allylic oxidation sites excluding steroid dienone is 2. The zero-order valence-electron chi connectivity index (χ0n) is 7.12. The summed E-state index contributed by atoms with van der Waals surface area (Å²) in [6, 6.07) is 5.69. The highest BCUT2D eigenvalue weighted by atomic mass is 15.0. The van der Waals surface area contributed by atoms with E-state index in [2.05, 4.69) is 5.32 Å². The molecule has 0 saturated carbocycles. The Morgan fingerprint density at radius 3 is 2.85 bits per heavy atom. The minimum absolute atomic E-state index is 0.626. The first-order valence-corrected chi connectivity index (χ1v) is 4.06. The molecule has 0 spiro atoms. The summed E-state index contributed by atoms with van der Waals surface area (Å²) in [4.78, 5) is 0. The van der Waals surface area contributed by atoms with Crippen LogP contribution in [0, 0.1) is 0 Å². The van der Waals surface area contributed by atoms with Crippen LogP contribution in [-0.4, -0.2) is 0 Å². The minimum atomic E-state index is 0.626. The van der Waals surface area contributed by atoms with Gasteiger partial charge in [-0.1, -0.05) is 18.2 Å². The molecular weight excluding hydrogens is 162 g/mol. The molecule has 0 unspecified atom stereocenters. The van der Waals surface area contributed by atoms with Crippen LogP contribution in [0.1, 0.15) is 5.56 Å². The summed E-state index contributed by atoms with van der Waals surface area (Å²) >= 11 is 0. The fourth-order valence-corrected chi connectivity index (χ4v) is 1.28. The number of anilines is 2. The van der Waals surface area contributed by atoms with E-state index in [-0.39, 0.29) is 0 Å². The van der Waals surface area contributed by atoms with Gasteiger partial charge >= 0.3 is 0 Å². The highest BCUT2D eigenvalue weighted by molar-refractivity contribution is 5.73. The maximum Gasteiger partial charge on any atom is 0.100 e. The second-order valence-electron chi connectivity index (χ2n) is 2.95. The van der Waals surface area contributed by atoms with E-state index in [1.807, 2.05) is 36.4 Å². The third-order valence-corrected chi connectivity index (χ3v) is 1.91. The van der Waals surface area contributed by atoms with Crippen molar-refractivity contribution in [2.24, 2.45) is 5.73 Å². The molecule has 3 heteroatoms. The lowest BCUT2D eigenvalue weighted by atomic mass is 10.1. The summed E-state index contributed by atoms with van der Waals surface area (Å²) in [6.07, 6.45) is 5.71. The van der Waals surface area contributed by atoms with Crippen LogP contribution in [0.15, 0.2) is 36.2 Å². The lowest BCUT2D eigenvalue weighted by Gasteiger charge is -2.08. The normalized spacial score (nSPS) is 14.0. The van der Waals surface area contributed by atoms with Gasteiger partial charge in [0.05, 0.1) is 0 Å². The van der Waals surface area contributed by atoms with Crippen molar-refractivity contribution in [1.29, 1.82) is 0 Å². The Bertz CT molecular complexity index is 391. The van der Waals surface area contributed by atoms with E-state index in [0.717, 1.165) is 16.9 Å². The van der Waals surface area contributed by atoms with Crippen LogP contribution in [0.5, 0.6) is 0 Å². The van der Waals surface area contributed by atoms with Gasteiger partial charge in [-0.15, -0.1) is 0 Å². The Balaban J connectivity index is 2.51. The maximum atomic E-state index is 5.66. The molecule has 0 aromatic heterocycles. The molecule has 1 aromatic rings. The van der Waals surface area contributed by atoms with Gasteiger partial charge in [0.1, 0.15) is 5.82 Å². The number of nitrogens with two attached hydrogens (primary N) is 2. The molecule has 0 fully saturated rings. The molecule has 0 aliphatic carbocycles. The van der Waals surface area contributed by atoms with Crippen molar-refractivity contribution in [2.75, 3.05) is 11.1 Å². The van der Waals surface area contributed by atoms with Gasteiger partial charge in [-0.25, -0.2) is 0 Å². The van der Waals surface area contributed by atoms with Crippen molar-refractivity contribution in [3.05, 3.63) is 41.7 Å². The molecule has 0 amide bonds. The first-order chi connectivity index (χ1) is 6.25. The Kier molecular flexibility index (Phi) is 1.70. The Morgan fingerprint density at radius 1 is 1.15 bits per heavy atom. The van der Waals surface area contributed by atoms with E-state index < -0.39 is 0 Å². The molecule has 0 atom stereocenters. The molecule has 1 aromatic carbocycles. The number of rotatable bonds is 0. The molecule has 5 N–H and O–H groups in total. The van der Waals surface area contributed by atoms with E-state index in [9.17, 15) is 0 Å². The summed E-state index contributed by atoms with van der Waals surface area (Å²) in [6.45, 7) is 0. The standard InChI is InChI=1S/C10H11N3/c11-8-5-4-7-2-1-3-10(12)13-9(7)6-8/h1-6,13H,11-12H2. The number of benzene rings is 1. The zero-order valence-corrected chi connectivity index (χ0v) is 7.12. The lowest BCUT2D eigenvalue weighted by Crippen LogP contribution is -2.08. The van der Waals surface area contributed by atoms with Crippen LogP contribution in [0.4, 0.5) is 11.4 Å². The topological polar surface area (TPSA) is 64.1 Å². The van der Waals surface area contributed by atoms with Crippen LogP contribution in [0.3, 0.4) is 0 Å². The summed E-state index contributed by atoms with van der Waals surface area (Å²) in [5.41, 5.74) is 14.1. The summed E-state index contributed by atoms with van der Waals surface area (Å²) in [7, 11) is 0. The second kappa shape index (κ2) is 2.86. The van der Waals surface area contributed by atoms with Crippen molar-refractivity contribution in [3.63, 3.8) is 0 Å². The highest BCUT2D eigenvalue weighted by Gasteiger charge is 2.02. The fraction of sp³-hybridized carbons (Fsp3) is 0. The minimum Gasteiger partial charge on any atom is -0.399 e. The second-order valence-corrected chi connectivity index (χ2v) is 2.95. The largest absolute Gasteiger partial charge is 0.399 e. The molecule has 1 heterocycles. The van der Waals surface area contributed by atoms with Crippen molar-refractivity contribution in [3.8, 4) is 0 Å². The van der Waals surface area contributed by atoms with Gasteiger partial charge in [0.2, 0.25) is 0 Å². The Morgan fingerprint density at radius 2 is 2.00 bits per heavy atom. The number of hydrogen-bond acceptors (Lipinski definition) is 3. The van der Waals surface area contributed by atoms with Crippen LogP contribution in [0.25, 0.3) is 6.08 Å². The van der Waals surface area contributed by atoms with E-state index in [0.29, 0.717) is 5.82 Å². The van der Waals surface area contributed by atoms with Crippen molar-refractivity contribution >= 4 is 17.5 Å². The molecule has 3 nitrogen and oxygen atoms in total. The van der Waals surface area contributed by atoms with E-state index in [1.165, 1.54) is 0 Å². The smallest absolute Gasteiger partial charge is 0.100 e. The summed E-state index contributed by atoms with van der Waals surface area (Å²) in [5.74, 6) is 0.626. The molecule has 2 rings (SSSR count). The molecule has 0 bridgehead atoms. The SMILES string of the molecule is NC1=CC=Cc2ccc(N)cc2N1. The van der Waals surface area contributed by atoms with E-state index >= 15 is 0 Å². The lowest BCUT2D eigenvalue weighted by molar-refractivity contribution is 1.32. The van der Waals surface area contributed by atoms with Gasteiger partial charge in [-0.2, -0.15) is 0 Å². The first kappa shape index (κ1) is 7.73. The van der Waals surface area contributed by atoms with Crippen molar-refractivity contribution in [2.45, 2.75) is 0 Å². The van der Waals surface area contributed by atoms with Gasteiger partial charge in [0.15, 0.2) is 0 Å². The summed E-state index contributed by atoms with van der Waals surface area (Å²) in [5, 5.41) is 3.06. The van der Waals surface area contributed by atoms with Crippen LogP contribution >= 0.6 is 0 Å². The molecule has 1 aliphatic rings. The number of hydrogen-bond donors (Lipinski definition) is 3. The van der Waals surface area contributed by atoms with Crippen LogP contribution in [-0.2, 0) is 0 Å². The predicted molar refractivity (Wildman–Crippen MR) is 55.8 cm³/mol. The monoisotopic (exact) mass is 173 g/mol. The van der Waals surface area contributed by atoms with Crippen molar-refractivity contribution < 1.29 is 0 Å². The molecule has 0 radical (unpaired) electrons. The first-order valence-electron chi connectivity index (χ1n) is 4.06. The molecule has 1 aliphatic heterocycles. The van der Waals surface area contributed by atoms with Crippen molar-refractivity contribution in [1.82, 2.24) is 0 Å². The number of nitrogens with one attached hydrogen (secondary N) is 1. The third kappa shape index (κ3) is 1.49. The zero-order chi connectivity index (χ0) is 9.26. The predicted octanol–water partition coefficient (Wildman–Crippen LogP) is 1.51. The molecule has 66 valence electrons. The average Bonchev–Trinajstić information content (AvgIpc) is 2.25. The van der Waals surface area contributed by atoms with Gasteiger partial charge in [0, 0.05) is 11.4 Å². The van der Waals surface area contributed by atoms with Gasteiger partial charge in [0.25, 0.3) is 0 Å². The highest BCUT2D eigenvalue weighted by Crippen LogP contribution is 2.23. The van der Waals surface area contributed by atoms with Gasteiger partial charge in [-0.05, 0) is 23.8 Å². The average molecular weight is 173 g/mol. The van der Waals surface area contributed by atoms with Gasteiger partial charge in [-0.3, -0.25) is 0 Å². The maximum absolute atomic E-state index is 5.66. The van der Waals surface area contributed by atoms with E-state index in [4.69, 9.17) is 11.5 Å². The van der Waals surface area contributed by atoms with E-state index in [1.54, 1.807) is 0 Å². The Labute approximate surface area is 76.7 Å². The number of nitrogen functional groups attached to an aromatic ring is 1. The quantitative estimate of drug-likeness (QED) is 0.521. The van der Waals surface area contributed by atoms with Gasteiger partial charge < -0.3 is 16.8 Å².